The van der Waals surface area contributed by atoms with Gasteiger partial charge in [0.1, 0.15) is 0 Å². The van der Waals surface area contributed by atoms with E-state index in [1.807, 2.05) is 55.5 Å². The van der Waals surface area contributed by atoms with Gasteiger partial charge in [0, 0.05) is 10.5 Å². The highest BCUT2D eigenvalue weighted by Gasteiger charge is 2.47. The number of rotatable bonds is 8. The summed E-state index contributed by atoms with van der Waals surface area (Å²) in [6, 6.07) is 17.6. The van der Waals surface area contributed by atoms with Gasteiger partial charge in [-0.15, -0.1) is 0 Å². The van der Waals surface area contributed by atoms with Gasteiger partial charge < -0.3 is 4.43 Å². The van der Waals surface area contributed by atoms with Crippen molar-refractivity contribution in [2.24, 2.45) is 0 Å². The largest absolute Gasteiger partial charge is 0.397 e. The van der Waals surface area contributed by atoms with E-state index in [-0.39, 0.29) is 0 Å². The molecule has 0 aliphatic heterocycles. The maximum Gasteiger partial charge on any atom is 0.202 e. The molecule has 0 fully saturated rings. The minimum Gasteiger partial charge on any atom is -0.397 e. The van der Waals surface area contributed by atoms with Crippen molar-refractivity contribution in [3.05, 3.63) is 59.7 Å². The van der Waals surface area contributed by atoms with Crippen molar-refractivity contribution >= 4 is 19.1 Å². The molecule has 2 aromatic rings. The first-order chi connectivity index (χ1) is 13.6. The van der Waals surface area contributed by atoms with Gasteiger partial charge in [-0.05, 0) is 41.7 Å². The van der Waals surface area contributed by atoms with Crippen LogP contribution >= 0.6 is 0 Å². The van der Waals surface area contributed by atoms with Crippen molar-refractivity contribution < 1.29 is 8.63 Å². The third-order valence-corrected chi connectivity index (χ3v) is 13.3. The van der Waals surface area contributed by atoms with Gasteiger partial charge in [-0.3, -0.25) is 0 Å². The van der Waals surface area contributed by atoms with Crippen LogP contribution in [0, 0.1) is 18.3 Å². The van der Waals surface area contributed by atoms with E-state index >= 15 is 0 Å². The van der Waals surface area contributed by atoms with E-state index < -0.39 is 25.2 Å². The Hall–Kier alpha value is -1.74. The summed E-state index contributed by atoms with van der Waals surface area (Å²) in [5.74, 6) is 0. The smallest absolute Gasteiger partial charge is 0.202 e. The fraction of sp³-hybridized carbons (Fsp3) is 0.458. The van der Waals surface area contributed by atoms with Gasteiger partial charge in [0.15, 0.2) is 6.10 Å². The van der Waals surface area contributed by atoms with Crippen LogP contribution in [0.15, 0.2) is 58.3 Å². The molecule has 0 aliphatic rings. The normalized spacial score (nSPS) is 14.2. The predicted octanol–water partition coefficient (Wildman–Crippen LogP) is 6.92. The highest BCUT2D eigenvalue weighted by molar-refractivity contribution is 7.85. The molecule has 0 aliphatic carbocycles. The molecular formula is C24H33NO2SSi. The molecule has 0 aromatic heterocycles. The Morgan fingerprint density at radius 1 is 0.897 bits per heavy atom. The summed E-state index contributed by atoms with van der Waals surface area (Å²) in [6.07, 6.45) is -0.723. The summed E-state index contributed by atoms with van der Waals surface area (Å²) >= 11 is 0. The number of aryl methyl sites for hydroxylation is 1. The second-order valence-electron chi connectivity index (χ2n) is 8.56. The zero-order valence-corrected chi connectivity index (χ0v) is 20.4. The molecule has 156 valence electrons. The molecule has 2 atom stereocenters. The molecule has 29 heavy (non-hydrogen) atoms. The Labute approximate surface area is 179 Å². The average Bonchev–Trinajstić information content (AvgIpc) is 2.68. The molecule has 0 bridgehead atoms. The van der Waals surface area contributed by atoms with E-state index in [0.717, 1.165) is 10.5 Å². The van der Waals surface area contributed by atoms with E-state index in [2.05, 4.69) is 47.6 Å². The Morgan fingerprint density at radius 2 is 1.41 bits per heavy atom. The predicted molar refractivity (Wildman–Crippen MR) is 123 cm³/mol. The summed E-state index contributed by atoms with van der Waals surface area (Å²) < 4.78 is 20.1. The molecular weight excluding hydrogens is 394 g/mol. The van der Waals surface area contributed by atoms with Crippen molar-refractivity contribution in [1.29, 1.82) is 5.26 Å². The maximum absolute atomic E-state index is 13.3. The van der Waals surface area contributed by atoms with Crippen LogP contribution < -0.4 is 0 Å². The number of hydrogen-bond donors (Lipinski definition) is 0. The van der Waals surface area contributed by atoms with Crippen molar-refractivity contribution in [1.82, 2.24) is 0 Å². The van der Waals surface area contributed by atoms with Crippen LogP contribution in [-0.2, 0) is 15.2 Å². The molecule has 2 rings (SSSR count). The molecule has 0 radical (unpaired) electrons. The monoisotopic (exact) mass is 427 g/mol. The Morgan fingerprint density at radius 3 is 1.90 bits per heavy atom. The molecule has 1 unspecified atom stereocenters. The number of nitrogens with zero attached hydrogens (tertiary/aromatic N) is 1. The molecule has 0 heterocycles. The number of nitriles is 1. The molecule has 0 amide bonds. The molecule has 0 spiro atoms. The third kappa shape index (κ3) is 4.88. The summed E-state index contributed by atoms with van der Waals surface area (Å²) in [4.78, 5) is 1.39. The zero-order valence-electron chi connectivity index (χ0n) is 18.6. The van der Waals surface area contributed by atoms with Gasteiger partial charge >= 0.3 is 0 Å². The fourth-order valence-electron chi connectivity index (χ4n) is 4.43. The van der Waals surface area contributed by atoms with Crippen LogP contribution in [0.25, 0.3) is 0 Å². The van der Waals surface area contributed by atoms with Gasteiger partial charge in [0.25, 0.3) is 0 Å². The number of benzene rings is 2. The summed E-state index contributed by atoms with van der Waals surface area (Å²) in [6.45, 7) is 15.2. The number of hydrogen-bond acceptors (Lipinski definition) is 3. The van der Waals surface area contributed by atoms with Crippen LogP contribution in [-0.4, -0.2) is 12.5 Å². The zero-order chi connectivity index (χ0) is 21.8. The molecule has 2 aromatic carbocycles. The lowest BCUT2D eigenvalue weighted by Crippen LogP contribution is -2.48. The molecule has 0 saturated heterocycles. The lowest BCUT2D eigenvalue weighted by molar-refractivity contribution is 0.224. The minimum atomic E-state index is -2.26. The van der Waals surface area contributed by atoms with E-state index in [1.165, 1.54) is 0 Å². The summed E-state index contributed by atoms with van der Waals surface area (Å²) in [5, 5.41) is 10.0. The van der Waals surface area contributed by atoms with E-state index in [9.17, 15) is 9.47 Å². The highest BCUT2D eigenvalue weighted by atomic mass is 32.2. The van der Waals surface area contributed by atoms with Gasteiger partial charge in [0.2, 0.25) is 8.32 Å². The van der Waals surface area contributed by atoms with Crippen molar-refractivity contribution in [3.63, 3.8) is 0 Å². The molecule has 0 N–H and O–H groups in total. The fourth-order valence-corrected chi connectivity index (χ4v) is 11.1. The van der Waals surface area contributed by atoms with Gasteiger partial charge in [-0.1, -0.05) is 77.4 Å². The Balaban J connectivity index is 2.51. The Bertz CT molecular complexity index is 863. The first-order valence-corrected chi connectivity index (χ1v) is 13.6. The molecule has 5 heteroatoms. The minimum absolute atomic E-state index is 0.369. The molecule has 3 nitrogen and oxygen atoms in total. The third-order valence-electron chi connectivity index (χ3n) is 5.78. The highest BCUT2D eigenvalue weighted by Crippen LogP contribution is 2.45. The second-order valence-corrected chi connectivity index (χ2v) is 15.4. The van der Waals surface area contributed by atoms with E-state index in [4.69, 9.17) is 4.43 Å². The van der Waals surface area contributed by atoms with Gasteiger partial charge in [-0.2, -0.15) is 5.26 Å². The molecule has 0 saturated carbocycles. The van der Waals surface area contributed by atoms with Crippen LogP contribution in [0.5, 0.6) is 0 Å². The SMILES string of the molecule is Cc1ccc([S@](=O)c2ccccc2C(C#N)O[Si](C(C)C)(C(C)C)C(C)C)cc1. The van der Waals surface area contributed by atoms with Crippen LogP contribution in [0.2, 0.25) is 16.6 Å². The van der Waals surface area contributed by atoms with Crippen molar-refractivity contribution in [3.8, 4) is 6.07 Å². The summed E-state index contributed by atoms with van der Waals surface area (Å²) in [5.41, 5.74) is 2.95. The van der Waals surface area contributed by atoms with Crippen LogP contribution in [0.4, 0.5) is 0 Å². The lowest BCUT2D eigenvalue weighted by atomic mass is 10.1. The first-order valence-electron chi connectivity index (χ1n) is 10.3. The maximum atomic E-state index is 13.3. The topological polar surface area (TPSA) is 50.1 Å². The van der Waals surface area contributed by atoms with E-state index in [1.54, 1.807) is 0 Å². The summed E-state index contributed by atoms with van der Waals surface area (Å²) in [7, 11) is -3.63. The standard InChI is InChI=1S/C24H33NO2SSi/c1-17(2)29(18(3)4,19(5)6)27-23(16-25)22-10-8-9-11-24(22)28(26)21-14-12-20(7)13-15-21/h8-15,17-19,23H,1-7H3/t23?,28-/m0/s1. The lowest BCUT2D eigenvalue weighted by Gasteiger charge is -2.43. The van der Waals surface area contributed by atoms with Gasteiger partial charge in [-0.25, -0.2) is 4.21 Å². The quantitative estimate of drug-likeness (QED) is 0.430. The first kappa shape index (κ1) is 23.5. The average molecular weight is 428 g/mol. The second kappa shape index (κ2) is 9.84. The van der Waals surface area contributed by atoms with Gasteiger partial charge in [0.05, 0.1) is 21.8 Å². The van der Waals surface area contributed by atoms with Crippen LogP contribution in [0.1, 0.15) is 58.8 Å². The van der Waals surface area contributed by atoms with Crippen molar-refractivity contribution in [2.75, 3.05) is 0 Å². The van der Waals surface area contributed by atoms with E-state index in [0.29, 0.717) is 27.1 Å². The van der Waals surface area contributed by atoms with Crippen LogP contribution in [0.3, 0.4) is 0 Å². The Kier molecular flexibility index (Phi) is 7.99. The van der Waals surface area contributed by atoms with Crippen molar-refractivity contribution in [2.45, 2.75) is 81.0 Å².